The molecule has 24 heavy (non-hydrogen) atoms. The van der Waals surface area contributed by atoms with Crippen LogP contribution in [0.25, 0.3) is 0 Å². The zero-order valence-corrected chi connectivity index (χ0v) is 13.1. The molecule has 6 heteroatoms. The number of nitrogens with zero attached hydrogens (tertiary/aromatic N) is 2. The van der Waals surface area contributed by atoms with Gasteiger partial charge in [0.05, 0.1) is 5.92 Å². The summed E-state index contributed by atoms with van der Waals surface area (Å²) in [6, 6.07) is 11.5. The number of pyridine rings is 1. The Kier molecular flexibility index (Phi) is 4.84. The molecule has 1 N–H and O–H groups in total. The normalized spacial score (nSPS) is 17.1. The van der Waals surface area contributed by atoms with Crippen molar-refractivity contribution >= 4 is 17.5 Å². The van der Waals surface area contributed by atoms with Gasteiger partial charge in [-0.1, -0.05) is 12.1 Å². The standard InChI is InChI=1S/C18H18FN3O2/c19-14-4-3-6-16(11-14)22-12-13(10-17(22)23)18(24)21-9-7-15-5-1-2-8-20-15/h1-6,8,11,13H,7,9-10,12H2,(H,21,24)/t13-/m0/s1. The molecular formula is C18H18FN3O2. The van der Waals surface area contributed by atoms with Crippen molar-refractivity contribution < 1.29 is 14.0 Å². The Labute approximate surface area is 139 Å². The molecule has 3 rings (SSSR count). The second kappa shape index (κ2) is 7.21. The average molecular weight is 327 g/mol. The van der Waals surface area contributed by atoms with E-state index < -0.39 is 11.7 Å². The van der Waals surface area contributed by atoms with Gasteiger partial charge < -0.3 is 10.2 Å². The van der Waals surface area contributed by atoms with E-state index in [9.17, 15) is 14.0 Å². The molecule has 124 valence electrons. The van der Waals surface area contributed by atoms with Crippen LogP contribution in [0.15, 0.2) is 48.7 Å². The van der Waals surface area contributed by atoms with Crippen LogP contribution in [0.2, 0.25) is 0 Å². The minimum Gasteiger partial charge on any atom is -0.355 e. The van der Waals surface area contributed by atoms with Gasteiger partial charge in [0, 0.05) is 43.5 Å². The third-order valence-electron chi connectivity index (χ3n) is 4.02. The lowest BCUT2D eigenvalue weighted by Crippen LogP contribution is -2.34. The Hall–Kier alpha value is -2.76. The first-order chi connectivity index (χ1) is 11.6. The van der Waals surface area contributed by atoms with E-state index in [-0.39, 0.29) is 24.8 Å². The van der Waals surface area contributed by atoms with E-state index in [1.165, 1.54) is 17.0 Å². The van der Waals surface area contributed by atoms with E-state index in [4.69, 9.17) is 0 Å². The highest BCUT2D eigenvalue weighted by Gasteiger charge is 2.35. The lowest BCUT2D eigenvalue weighted by atomic mass is 10.1. The molecule has 5 nitrogen and oxygen atoms in total. The maximum atomic E-state index is 13.3. The molecule has 0 radical (unpaired) electrons. The molecular weight excluding hydrogens is 309 g/mol. The van der Waals surface area contributed by atoms with Gasteiger partial charge in [0.2, 0.25) is 11.8 Å². The molecule has 2 amide bonds. The Morgan fingerprint density at radius 3 is 2.92 bits per heavy atom. The molecule has 0 aliphatic carbocycles. The van der Waals surface area contributed by atoms with Gasteiger partial charge in [-0.05, 0) is 30.3 Å². The topological polar surface area (TPSA) is 62.3 Å². The van der Waals surface area contributed by atoms with E-state index in [1.807, 2.05) is 18.2 Å². The van der Waals surface area contributed by atoms with Crippen LogP contribution >= 0.6 is 0 Å². The Balaban J connectivity index is 1.54. The lowest BCUT2D eigenvalue weighted by molar-refractivity contribution is -0.126. The van der Waals surface area contributed by atoms with E-state index in [1.54, 1.807) is 18.3 Å². The second-order valence-corrected chi connectivity index (χ2v) is 5.75. The smallest absolute Gasteiger partial charge is 0.227 e. The SMILES string of the molecule is O=C(NCCc1ccccn1)[C@H]1CC(=O)N(c2cccc(F)c2)C1. The van der Waals surface area contributed by atoms with Gasteiger partial charge in [0.15, 0.2) is 0 Å². The summed E-state index contributed by atoms with van der Waals surface area (Å²) < 4.78 is 13.3. The molecule has 1 aliphatic rings. The molecule has 1 saturated heterocycles. The minimum atomic E-state index is -0.413. The highest BCUT2D eigenvalue weighted by molar-refractivity contribution is 6.00. The molecule has 1 atom stereocenters. The predicted molar refractivity (Wildman–Crippen MR) is 87.8 cm³/mol. The number of halogens is 1. The van der Waals surface area contributed by atoms with Crippen LogP contribution in [0.1, 0.15) is 12.1 Å². The average Bonchev–Trinajstić information content (AvgIpc) is 2.98. The maximum Gasteiger partial charge on any atom is 0.227 e. The third-order valence-corrected chi connectivity index (χ3v) is 4.02. The summed E-state index contributed by atoms with van der Waals surface area (Å²) in [6.45, 7) is 0.748. The van der Waals surface area contributed by atoms with Crippen molar-refractivity contribution in [2.24, 2.45) is 5.92 Å². The fraction of sp³-hybridized carbons (Fsp3) is 0.278. The molecule has 0 saturated carbocycles. The third kappa shape index (κ3) is 3.76. The molecule has 0 spiro atoms. The first-order valence-electron chi connectivity index (χ1n) is 7.87. The van der Waals surface area contributed by atoms with Crippen LogP contribution < -0.4 is 10.2 Å². The first kappa shape index (κ1) is 16.1. The van der Waals surface area contributed by atoms with Crippen LogP contribution in [0.4, 0.5) is 10.1 Å². The summed E-state index contributed by atoms with van der Waals surface area (Å²) in [5.41, 5.74) is 1.39. The maximum absolute atomic E-state index is 13.3. The van der Waals surface area contributed by atoms with Gasteiger partial charge in [-0.3, -0.25) is 14.6 Å². The van der Waals surface area contributed by atoms with Crippen molar-refractivity contribution in [2.75, 3.05) is 18.0 Å². The number of anilines is 1. The fourth-order valence-electron chi connectivity index (χ4n) is 2.78. The summed E-state index contributed by atoms with van der Waals surface area (Å²) in [5, 5.41) is 2.85. The quantitative estimate of drug-likeness (QED) is 0.913. The number of amides is 2. The number of hydrogen-bond acceptors (Lipinski definition) is 3. The van der Waals surface area contributed by atoms with Crippen LogP contribution in [0.3, 0.4) is 0 Å². The van der Waals surface area contributed by atoms with Crippen LogP contribution in [0.5, 0.6) is 0 Å². The predicted octanol–water partition coefficient (Wildman–Crippen LogP) is 1.93. The van der Waals surface area contributed by atoms with Crippen molar-refractivity contribution in [1.29, 1.82) is 0 Å². The molecule has 1 aromatic heterocycles. The highest BCUT2D eigenvalue weighted by Crippen LogP contribution is 2.25. The zero-order chi connectivity index (χ0) is 16.9. The van der Waals surface area contributed by atoms with Crippen LogP contribution in [-0.4, -0.2) is 29.9 Å². The van der Waals surface area contributed by atoms with Crippen molar-refractivity contribution in [1.82, 2.24) is 10.3 Å². The highest BCUT2D eigenvalue weighted by atomic mass is 19.1. The molecule has 0 unspecified atom stereocenters. The van der Waals surface area contributed by atoms with Crippen molar-refractivity contribution in [3.05, 3.63) is 60.2 Å². The summed E-state index contributed by atoms with van der Waals surface area (Å²) in [7, 11) is 0. The van der Waals surface area contributed by atoms with Gasteiger partial charge in [0.1, 0.15) is 5.82 Å². The monoisotopic (exact) mass is 327 g/mol. The molecule has 1 aromatic carbocycles. The molecule has 0 bridgehead atoms. The van der Waals surface area contributed by atoms with Crippen molar-refractivity contribution in [2.45, 2.75) is 12.8 Å². The van der Waals surface area contributed by atoms with Crippen molar-refractivity contribution in [3.63, 3.8) is 0 Å². The number of nitrogens with one attached hydrogen (secondary N) is 1. The number of rotatable bonds is 5. The number of benzene rings is 1. The summed E-state index contributed by atoms with van der Waals surface area (Å²) in [4.78, 5) is 30.0. The van der Waals surface area contributed by atoms with E-state index >= 15 is 0 Å². The summed E-state index contributed by atoms with van der Waals surface area (Å²) >= 11 is 0. The Morgan fingerprint density at radius 2 is 2.17 bits per heavy atom. The van der Waals surface area contributed by atoms with E-state index in [2.05, 4.69) is 10.3 Å². The first-order valence-corrected chi connectivity index (χ1v) is 7.87. The number of hydrogen-bond donors (Lipinski definition) is 1. The van der Waals surface area contributed by atoms with E-state index in [0.717, 1.165) is 5.69 Å². The van der Waals surface area contributed by atoms with Crippen molar-refractivity contribution in [3.8, 4) is 0 Å². The van der Waals surface area contributed by atoms with Gasteiger partial charge >= 0.3 is 0 Å². The molecule has 2 aromatic rings. The second-order valence-electron chi connectivity index (χ2n) is 5.75. The Bertz CT molecular complexity index is 736. The fourth-order valence-corrected chi connectivity index (χ4v) is 2.78. The molecule has 1 fully saturated rings. The number of aromatic nitrogens is 1. The molecule has 1 aliphatic heterocycles. The number of carbonyl (C=O) groups excluding carboxylic acids is 2. The van der Waals surface area contributed by atoms with Gasteiger partial charge in [-0.2, -0.15) is 0 Å². The lowest BCUT2D eigenvalue weighted by Gasteiger charge is -2.16. The molecule has 2 heterocycles. The van der Waals surface area contributed by atoms with E-state index in [0.29, 0.717) is 18.7 Å². The van der Waals surface area contributed by atoms with Gasteiger partial charge in [-0.15, -0.1) is 0 Å². The van der Waals surface area contributed by atoms with Crippen LogP contribution in [-0.2, 0) is 16.0 Å². The summed E-state index contributed by atoms with van der Waals surface area (Å²) in [6.07, 6.45) is 2.50. The largest absolute Gasteiger partial charge is 0.355 e. The van der Waals surface area contributed by atoms with Crippen LogP contribution in [0, 0.1) is 11.7 Å². The number of carbonyl (C=O) groups is 2. The Morgan fingerprint density at radius 1 is 1.29 bits per heavy atom. The zero-order valence-electron chi connectivity index (χ0n) is 13.1. The minimum absolute atomic E-state index is 0.145. The van der Waals surface area contributed by atoms with Gasteiger partial charge in [-0.25, -0.2) is 4.39 Å². The van der Waals surface area contributed by atoms with Gasteiger partial charge in [0.25, 0.3) is 0 Å². The summed E-state index contributed by atoms with van der Waals surface area (Å²) in [5.74, 6) is -1.13.